The summed E-state index contributed by atoms with van der Waals surface area (Å²) >= 11 is 5.84. The number of halogens is 1. The molecular formula is C18H19ClN2O3. The van der Waals surface area contributed by atoms with Crippen LogP contribution in [0.2, 0.25) is 5.02 Å². The van der Waals surface area contributed by atoms with Gasteiger partial charge in [-0.1, -0.05) is 24.6 Å². The Kier molecular flexibility index (Phi) is 5.82. The maximum Gasteiger partial charge on any atom is 0.265 e. The summed E-state index contributed by atoms with van der Waals surface area (Å²) in [7, 11) is 0. The topological polar surface area (TPSA) is 81.4 Å². The third-order valence-electron chi connectivity index (χ3n) is 3.61. The number of hydrogen-bond donors (Lipinski definition) is 2. The van der Waals surface area contributed by atoms with E-state index in [0.717, 1.165) is 0 Å². The van der Waals surface area contributed by atoms with Crippen molar-refractivity contribution in [3.8, 4) is 5.75 Å². The normalized spacial score (nSPS) is 11.6. The average molecular weight is 347 g/mol. The molecular weight excluding hydrogens is 328 g/mol. The first-order valence-corrected chi connectivity index (χ1v) is 7.92. The van der Waals surface area contributed by atoms with Gasteiger partial charge in [0.05, 0.1) is 0 Å². The van der Waals surface area contributed by atoms with Crippen molar-refractivity contribution in [1.29, 1.82) is 0 Å². The molecule has 0 saturated heterocycles. The van der Waals surface area contributed by atoms with E-state index in [1.807, 2.05) is 6.92 Å². The molecule has 0 aliphatic rings. The van der Waals surface area contributed by atoms with Gasteiger partial charge in [0.1, 0.15) is 5.75 Å². The number of carbonyl (C=O) groups excluding carboxylic acids is 2. The molecule has 0 aromatic heterocycles. The van der Waals surface area contributed by atoms with Crippen LogP contribution in [-0.2, 0) is 4.79 Å². The predicted octanol–water partition coefficient (Wildman–Crippen LogP) is 3.54. The van der Waals surface area contributed by atoms with E-state index in [4.69, 9.17) is 22.1 Å². The van der Waals surface area contributed by atoms with Crippen molar-refractivity contribution in [1.82, 2.24) is 0 Å². The maximum atomic E-state index is 12.5. The van der Waals surface area contributed by atoms with Crippen LogP contribution in [0.15, 0.2) is 42.5 Å². The number of amides is 2. The third-order valence-corrected chi connectivity index (χ3v) is 3.86. The standard InChI is InChI=1S/C18H19ClN2O3/c1-3-16(24-13-9-7-12(19)8-10-13)18(23)21-15-6-4-5-14(11(15)2)17(20)22/h4-10,16H,3H2,1-2H3,(H2,20,22)(H,21,23). The first-order chi connectivity index (χ1) is 11.4. The Balaban J connectivity index is 2.13. The van der Waals surface area contributed by atoms with Gasteiger partial charge in [0, 0.05) is 16.3 Å². The Bertz CT molecular complexity index is 744. The van der Waals surface area contributed by atoms with Crippen LogP contribution in [0.3, 0.4) is 0 Å². The molecule has 2 aromatic carbocycles. The fourth-order valence-corrected chi connectivity index (χ4v) is 2.38. The fourth-order valence-electron chi connectivity index (χ4n) is 2.25. The highest BCUT2D eigenvalue weighted by atomic mass is 35.5. The number of rotatable bonds is 6. The summed E-state index contributed by atoms with van der Waals surface area (Å²) in [6.45, 7) is 3.59. The molecule has 2 amide bonds. The molecule has 3 N–H and O–H groups in total. The van der Waals surface area contributed by atoms with Crippen LogP contribution in [0, 0.1) is 6.92 Å². The van der Waals surface area contributed by atoms with Gasteiger partial charge in [0.15, 0.2) is 6.10 Å². The van der Waals surface area contributed by atoms with Gasteiger partial charge in [-0.2, -0.15) is 0 Å². The van der Waals surface area contributed by atoms with Crippen LogP contribution in [-0.4, -0.2) is 17.9 Å². The van der Waals surface area contributed by atoms with E-state index in [-0.39, 0.29) is 5.91 Å². The quantitative estimate of drug-likeness (QED) is 0.839. The lowest BCUT2D eigenvalue weighted by molar-refractivity contribution is -0.122. The highest BCUT2D eigenvalue weighted by Crippen LogP contribution is 2.21. The molecule has 0 bridgehead atoms. The number of nitrogens with two attached hydrogens (primary N) is 1. The van der Waals surface area contributed by atoms with E-state index in [1.54, 1.807) is 49.4 Å². The Morgan fingerprint density at radius 3 is 2.46 bits per heavy atom. The summed E-state index contributed by atoms with van der Waals surface area (Å²) in [6.07, 6.45) is -0.175. The van der Waals surface area contributed by atoms with Crippen molar-refractivity contribution in [3.05, 3.63) is 58.6 Å². The van der Waals surface area contributed by atoms with Crippen LogP contribution < -0.4 is 15.8 Å². The minimum Gasteiger partial charge on any atom is -0.481 e. The van der Waals surface area contributed by atoms with Crippen LogP contribution in [0.1, 0.15) is 29.3 Å². The lowest BCUT2D eigenvalue weighted by atomic mass is 10.1. The minimum atomic E-state index is -0.664. The molecule has 0 aliphatic heterocycles. The molecule has 126 valence electrons. The van der Waals surface area contributed by atoms with Crippen molar-refractivity contribution in [2.75, 3.05) is 5.32 Å². The summed E-state index contributed by atoms with van der Waals surface area (Å²) in [5.41, 5.74) is 6.86. The van der Waals surface area contributed by atoms with Crippen LogP contribution in [0.4, 0.5) is 5.69 Å². The third kappa shape index (κ3) is 4.26. The van der Waals surface area contributed by atoms with Gasteiger partial charge in [0.25, 0.3) is 5.91 Å². The molecule has 24 heavy (non-hydrogen) atoms. The number of primary amides is 1. The van der Waals surface area contributed by atoms with Gasteiger partial charge in [-0.25, -0.2) is 0 Å². The summed E-state index contributed by atoms with van der Waals surface area (Å²) in [6, 6.07) is 11.8. The lowest BCUT2D eigenvalue weighted by Gasteiger charge is -2.18. The Morgan fingerprint density at radius 2 is 1.88 bits per heavy atom. The van der Waals surface area contributed by atoms with Crippen molar-refractivity contribution in [2.24, 2.45) is 5.73 Å². The van der Waals surface area contributed by atoms with Crippen LogP contribution in [0.5, 0.6) is 5.75 Å². The summed E-state index contributed by atoms with van der Waals surface area (Å²) < 4.78 is 5.71. The van der Waals surface area contributed by atoms with E-state index in [1.165, 1.54) is 0 Å². The largest absolute Gasteiger partial charge is 0.481 e. The van der Waals surface area contributed by atoms with Crippen molar-refractivity contribution < 1.29 is 14.3 Å². The zero-order valence-corrected chi connectivity index (χ0v) is 14.3. The second kappa shape index (κ2) is 7.84. The van der Waals surface area contributed by atoms with E-state index in [2.05, 4.69) is 5.32 Å². The molecule has 0 radical (unpaired) electrons. The smallest absolute Gasteiger partial charge is 0.265 e. The maximum absolute atomic E-state index is 12.5. The molecule has 1 unspecified atom stereocenters. The Labute approximate surface area is 145 Å². The van der Waals surface area contributed by atoms with Gasteiger partial charge >= 0.3 is 0 Å². The lowest BCUT2D eigenvalue weighted by Crippen LogP contribution is -2.32. The molecule has 2 rings (SSSR count). The molecule has 2 aromatic rings. The number of hydrogen-bond acceptors (Lipinski definition) is 3. The molecule has 0 saturated carbocycles. The summed E-state index contributed by atoms with van der Waals surface area (Å²) in [5, 5.41) is 3.39. The number of carbonyl (C=O) groups is 2. The molecule has 0 heterocycles. The van der Waals surface area contributed by atoms with Crippen molar-refractivity contribution >= 4 is 29.1 Å². The van der Waals surface area contributed by atoms with Crippen molar-refractivity contribution in [3.63, 3.8) is 0 Å². The monoisotopic (exact) mass is 346 g/mol. The fraction of sp³-hybridized carbons (Fsp3) is 0.222. The van der Waals surface area contributed by atoms with Gasteiger partial charge in [-0.05, 0) is 55.3 Å². The molecule has 6 heteroatoms. The number of anilines is 1. The first-order valence-electron chi connectivity index (χ1n) is 7.55. The highest BCUT2D eigenvalue weighted by Gasteiger charge is 2.20. The van der Waals surface area contributed by atoms with Crippen LogP contribution >= 0.6 is 11.6 Å². The first kappa shape index (κ1) is 17.8. The molecule has 0 spiro atoms. The zero-order chi connectivity index (χ0) is 17.7. The Morgan fingerprint density at radius 1 is 1.21 bits per heavy atom. The molecule has 5 nitrogen and oxygen atoms in total. The van der Waals surface area contributed by atoms with Gasteiger partial charge < -0.3 is 15.8 Å². The summed E-state index contributed by atoms with van der Waals surface area (Å²) in [4.78, 5) is 23.9. The van der Waals surface area contributed by atoms with E-state index in [0.29, 0.717) is 34.0 Å². The zero-order valence-electron chi connectivity index (χ0n) is 13.5. The molecule has 0 fully saturated rings. The van der Waals surface area contributed by atoms with E-state index < -0.39 is 12.0 Å². The van der Waals surface area contributed by atoms with Gasteiger partial charge in [0.2, 0.25) is 5.91 Å². The Hall–Kier alpha value is -2.53. The predicted molar refractivity (Wildman–Crippen MR) is 94.5 cm³/mol. The summed E-state index contributed by atoms with van der Waals surface area (Å²) in [5.74, 6) is -0.269. The van der Waals surface area contributed by atoms with Crippen LogP contribution in [0.25, 0.3) is 0 Å². The number of nitrogens with one attached hydrogen (secondary N) is 1. The second-order valence-corrected chi connectivity index (χ2v) is 5.74. The SMILES string of the molecule is CCC(Oc1ccc(Cl)cc1)C(=O)Nc1cccc(C(N)=O)c1C. The van der Waals surface area contributed by atoms with Crippen molar-refractivity contribution in [2.45, 2.75) is 26.4 Å². The molecule has 0 aliphatic carbocycles. The highest BCUT2D eigenvalue weighted by molar-refractivity contribution is 6.30. The molecule has 1 atom stereocenters. The van der Waals surface area contributed by atoms with Gasteiger partial charge in [-0.3, -0.25) is 9.59 Å². The minimum absolute atomic E-state index is 0.294. The van der Waals surface area contributed by atoms with E-state index >= 15 is 0 Å². The van der Waals surface area contributed by atoms with Gasteiger partial charge in [-0.15, -0.1) is 0 Å². The number of benzene rings is 2. The number of ether oxygens (including phenoxy) is 1. The van der Waals surface area contributed by atoms with E-state index in [9.17, 15) is 9.59 Å². The second-order valence-electron chi connectivity index (χ2n) is 5.30. The average Bonchev–Trinajstić information content (AvgIpc) is 2.55.